The maximum absolute atomic E-state index is 10.8. The molecule has 74 valence electrons. The summed E-state index contributed by atoms with van der Waals surface area (Å²) in [5, 5.41) is 0. The summed E-state index contributed by atoms with van der Waals surface area (Å²) in [5.41, 5.74) is 2.65. The zero-order valence-corrected chi connectivity index (χ0v) is 8.49. The van der Waals surface area contributed by atoms with Crippen LogP contribution in [0.25, 0.3) is 0 Å². The van der Waals surface area contributed by atoms with Crippen LogP contribution in [0, 0.1) is 0 Å². The molecule has 2 nitrogen and oxygen atoms in total. The van der Waals surface area contributed by atoms with Crippen LogP contribution < -0.4 is 0 Å². The third-order valence-electron chi connectivity index (χ3n) is 2.42. The smallest absolute Gasteiger partial charge is 0.150 e. The molecule has 0 spiro atoms. The minimum absolute atomic E-state index is 0.134. The van der Waals surface area contributed by atoms with E-state index in [0.29, 0.717) is 5.56 Å². The van der Waals surface area contributed by atoms with Crippen molar-refractivity contribution in [3.8, 4) is 0 Å². The molecule has 1 unspecified atom stereocenters. The molecule has 14 heavy (non-hydrogen) atoms. The summed E-state index contributed by atoms with van der Waals surface area (Å²) in [7, 11) is 0. The third kappa shape index (κ3) is 1.90. The predicted molar refractivity (Wildman–Crippen MR) is 55.7 cm³/mol. The third-order valence-corrected chi connectivity index (χ3v) is 2.42. The highest BCUT2D eigenvalue weighted by Gasteiger charge is 2.11. The van der Waals surface area contributed by atoms with Crippen molar-refractivity contribution in [2.75, 3.05) is 0 Å². The molecule has 0 fully saturated rings. The van der Waals surface area contributed by atoms with Crippen molar-refractivity contribution < 1.29 is 9.59 Å². The topological polar surface area (TPSA) is 34.1 Å². The largest absolute Gasteiger partial charge is 0.303 e. The van der Waals surface area contributed by atoms with Crippen LogP contribution in [0.4, 0.5) is 0 Å². The summed E-state index contributed by atoms with van der Waals surface area (Å²) >= 11 is 0. The molecular weight excluding hydrogens is 176 g/mol. The second-order valence-corrected chi connectivity index (χ2v) is 3.31. The highest BCUT2D eigenvalue weighted by molar-refractivity contribution is 5.79. The van der Waals surface area contributed by atoms with Gasteiger partial charge in [0.15, 0.2) is 0 Å². The lowest BCUT2D eigenvalue weighted by Gasteiger charge is -2.11. The average Bonchev–Trinajstić information content (AvgIpc) is 2.26. The fourth-order valence-electron chi connectivity index (χ4n) is 1.64. The van der Waals surface area contributed by atoms with Crippen molar-refractivity contribution in [2.45, 2.75) is 26.2 Å². The van der Waals surface area contributed by atoms with Gasteiger partial charge >= 0.3 is 0 Å². The molecule has 0 aliphatic heterocycles. The molecule has 0 aliphatic carbocycles. The Labute approximate surface area is 83.9 Å². The van der Waals surface area contributed by atoms with Gasteiger partial charge in [-0.1, -0.05) is 32.0 Å². The lowest BCUT2D eigenvalue weighted by molar-refractivity contribution is -0.108. The van der Waals surface area contributed by atoms with Gasteiger partial charge in [-0.05, 0) is 17.5 Å². The first-order chi connectivity index (χ1) is 6.74. The zero-order valence-electron chi connectivity index (χ0n) is 8.49. The first kappa shape index (κ1) is 10.6. The van der Waals surface area contributed by atoms with Gasteiger partial charge in [-0.15, -0.1) is 0 Å². The summed E-state index contributed by atoms with van der Waals surface area (Å²) < 4.78 is 0. The SMILES string of the molecule is CCc1c(C=O)cccc1C(C)C=O. The van der Waals surface area contributed by atoms with Gasteiger partial charge < -0.3 is 4.79 Å². The molecule has 0 aromatic heterocycles. The maximum Gasteiger partial charge on any atom is 0.150 e. The Morgan fingerprint density at radius 1 is 1.36 bits per heavy atom. The summed E-state index contributed by atoms with van der Waals surface area (Å²) in [4.78, 5) is 21.4. The first-order valence-corrected chi connectivity index (χ1v) is 4.76. The second-order valence-electron chi connectivity index (χ2n) is 3.31. The van der Waals surface area contributed by atoms with E-state index in [0.717, 1.165) is 30.1 Å². The van der Waals surface area contributed by atoms with Crippen molar-refractivity contribution in [2.24, 2.45) is 0 Å². The molecule has 0 radical (unpaired) electrons. The second kappa shape index (κ2) is 4.70. The van der Waals surface area contributed by atoms with E-state index < -0.39 is 0 Å². The van der Waals surface area contributed by atoms with E-state index in [9.17, 15) is 9.59 Å². The van der Waals surface area contributed by atoms with Gasteiger partial charge in [0.1, 0.15) is 12.6 Å². The first-order valence-electron chi connectivity index (χ1n) is 4.76. The fourth-order valence-corrected chi connectivity index (χ4v) is 1.64. The van der Waals surface area contributed by atoms with Crippen molar-refractivity contribution in [3.05, 3.63) is 34.9 Å². The van der Waals surface area contributed by atoms with Crippen molar-refractivity contribution >= 4 is 12.6 Å². The lowest BCUT2D eigenvalue weighted by atomic mass is 9.92. The number of hydrogen-bond acceptors (Lipinski definition) is 2. The maximum atomic E-state index is 10.8. The summed E-state index contributed by atoms with van der Waals surface area (Å²) in [6, 6.07) is 5.51. The Morgan fingerprint density at radius 2 is 2.07 bits per heavy atom. The Kier molecular flexibility index (Phi) is 3.57. The Bertz CT molecular complexity index is 342. The van der Waals surface area contributed by atoms with E-state index in [4.69, 9.17) is 0 Å². The van der Waals surface area contributed by atoms with Gasteiger partial charge in [-0.25, -0.2) is 0 Å². The number of carbonyl (C=O) groups is 2. The minimum Gasteiger partial charge on any atom is -0.303 e. The van der Waals surface area contributed by atoms with E-state index in [-0.39, 0.29) is 5.92 Å². The summed E-state index contributed by atoms with van der Waals surface area (Å²) in [6.07, 6.45) is 2.53. The van der Waals surface area contributed by atoms with Crippen LogP contribution in [0.5, 0.6) is 0 Å². The van der Waals surface area contributed by atoms with E-state index in [1.54, 1.807) is 6.07 Å². The molecule has 0 heterocycles. The summed E-state index contributed by atoms with van der Waals surface area (Å²) in [6.45, 7) is 3.83. The minimum atomic E-state index is -0.134. The molecule has 0 amide bonds. The van der Waals surface area contributed by atoms with E-state index >= 15 is 0 Å². The number of hydrogen-bond donors (Lipinski definition) is 0. The molecule has 1 aromatic carbocycles. The summed E-state index contributed by atoms with van der Waals surface area (Å²) in [5.74, 6) is -0.134. The van der Waals surface area contributed by atoms with Gasteiger partial charge in [0, 0.05) is 11.5 Å². The van der Waals surface area contributed by atoms with Crippen LogP contribution in [0.3, 0.4) is 0 Å². The molecule has 0 aliphatic rings. The van der Waals surface area contributed by atoms with E-state index in [2.05, 4.69) is 0 Å². The number of rotatable bonds is 4. The molecule has 0 saturated heterocycles. The van der Waals surface area contributed by atoms with Gasteiger partial charge in [-0.3, -0.25) is 4.79 Å². The monoisotopic (exact) mass is 190 g/mol. The number of aldehydes is 2. The molecule has 1 rings (SSSR count). The standard InChI is InChI=1S/C12H14O2/c1-3-11-10(8-14)5-4-6-12(11)9(2)7-13/h4-9H,3H2,1-2H3. The van der Waals surface area contributed by atoms with Crippen LogP contribution in [0.2, 0.25) is 0 Å². The molecule has 2 heteroatoms. The average molecular weight is 190 g/mol. The molecular formula is C12H14O2. The predicted octanol–water partition coefficient (Wildman–Crippen LogP) is 2.36. The lowest BCUT2D eigenvalue weighted by Crippen LogP contribution is -2.03. The highest BCUT2D eigenvalue weighted by Crippen LogP contribution is 2.21. The van der Waals surface area contributed by atoms with Gasteiger partial charge in [-0.2, -0.15) is 0 Å². The Hall–Kier alpha value is -1.44. The van der Waals surface area contributed by atoms with Crippen molar-refractivity contribution in [1.29, 1.82) is 0 Å². The van der Waals surface area contributed by atoms with Gasteiger partial charge in [0.25, 0.3) is 0 Å². The van der Waals surface area contributed by atoms with Gasteiger partial charge in [0.2, 0.25) is 0 Å². The molecule has 1 atom stereocenters. The van der Waals surface area contributed by atoms with E-state index in [1.165, 1.54) is 0 Å². The van der Waals surface area contributed by atoms with Crippen LogP contribution in [0.1, 0.15) is 41.3 Å². The van der Waals surface area contributed by atoms with E-state index in [1.807, 2.05) is 26.0 Å². The molecule has 0 N–H and O–H groups in total. The highest BCUT2D eigenvalue weighted by atomic mass is 16.1. The van der Waals surface area contributed by atoms with Crippen LogP contribution >= 0.6 is 0 Å². The van der Waals surface area contributed by atoms with Crippen LogP contribution in [-0.2, 0) is 11.2 Å². The molecule has 0 saturated carbocycles. The number of carbonyl (C=O) groups excluding carboxylic acids is 2. The normalized spacial score (nSPS) is 12.1. The zero-order chi connectivity index (χ0) is 10.6. The van der Waals surface area contributed by atoms with Crippen molar-refractivity contribution in [3.63, 3.8) is 0 Å². The Balaban J connectivity index is 3.27. The van der Waals surface area contributed by atoms with Crippen LogP contribution in [0.15, 0.2) is 18.2 Å². The molecule has 1 aromatic rings. The fraction of sp³-hybridized carbons (Fsp3) is 0.333. The quantitative estimate of drug-likeness (QED) is 0.683. The van der Waals surface area contributed by atoms with Crippen molar-refractivity contribution in [1.82, 2.24) is 0 Å². The van der Waals surface area contributed by atoms with Gasteiger partial charge in [0.05, 0.1) is 0 Å². The van der Waals surface area contributed by atoms with Crippen LogP contribution in [-0.4, -0.2) is 12.6 Å². The Morgan fingerprint density at radius 3 is 2.57 bits per heavy atom. The number of benzene rings is 1. The molecule has 0 bridgehead atoms.